The van der Waals surface area contributed by atoms with E-state index in [1.165, 1.54) is 0 Å². The molecule has 0 aromatic heterocycles. The molecule has 5 aliphatic heterocycles. The van der Waals surface area contributed by atoms with Gasteiger partial charge in [0.2, 0.25) is 23.6 Å². The van der Waals surface area contributed by atoms with Crippen molar-refractivity contribution in [3.05, 3.63) is 0 Å². The molecule has 0 aromatic rings. The van der Waals surface area contributed by atoms with Crippen molar-refractivity contribution >= 4 is 45.0 Å². The average Bonchev–Trinajstić information content (AvgIpc) is 3.91. The standard InChI is InChI=1S/C35H61N6O5PS/c1-26(2)30(39-18-6-12-33(39)44)24-28(38-17-5-11-32(38)43)22-27(37-16-4-10-31(37)42)23-29(25-47-41-20-7-13-34(41)45)40-19-8-14-35(40,46-3)36-15-9-21-48/h26-30,36,47-48H,4-25H2,1-3H3. The molecule has 11 nitrogen and oxygen atoms in total. The van der Waals surface area contributed by atoms with Gasteiger partial charge in [0.05, 0.1) is 0 Å². The van der Waals surface area contributed by atoms with Crippen LogP contribution in [0.15, 0.2) is 0 Å². The van der Waals surface area contributed by atoms with Crippen LogP contribution in [0.5, 0.6) is 0 Å². The van der Waals surface area contributed by atoms with Crippen LogP contribution in [-0.4, -0.2) is 136 Å². The summed E-state index contributed by atoms with van der Waals surface area (Å²) < 4.78 is 8.36. The number of methoxy groups -OCH3 is 1. The minimum absolute atomic E-state index is 0.0540. The van der Waals surface area contributed by atoms with Gasteiger partial charge in [-0.05, 0) is 90.9 Å². The Bertz CT molecular complexity index is 1130. The molecule has 48 heavy (non-hydrogen) atoms. The van der Waals surface area contributed by atoms with Crippen LogP contribution in [0.2, 0.25) is 0 Å². The molecular weight excluding hydrogens is 647 g/mol. The number of thiol groups is 1. The first-order valence-corrected chi connectivity index (χ1v) is 20.6. The minimum atomic E-state index is -0.601. The second-order valence-electron chi connectivity index (χ2n) is 14.9. The Balaban J connectivity index is 1.45. The van der Waals surface area contributed by atoms with Crippen molar-refractivity contribution in [1.82, 2.24) is 29.6 Å². The third-order valence-corrected chi connectivity index (χ3v) is 13.3. The lowest BCUT2D eigenvalue weighted by atomic mass is 9.89. The molecule has 5 aliphatic rings. The van der Waals surface area contributed by atoms with Gasteiger partial charge in [-0.1, -0.05) is 13.8 Å². The first-order valence-electron chi connectivity index (χ1n) is 18.8. The van der Waals surface area contributed by atoms with E-state index in [4.69, 9.17) is 4.74 Å². The predicted molar refractivity (Wildman–Crippen MR) is 193 cm³/mol. The normalized spacial score (nSPS) is 26.9. The molecule has 6 atom stereocenters. The summed E-state index contributed by atoms with van der Waals surface area (Å²) >= 11 is 4.44. The van der Waals surface area contributed by atoms with Crippen molar-refractivity contribution in [1.29, 1.82) is 0 Å². The number of nitrogens with zero attached hydrogens (tertiary/aromatic N) is 5. The summed E-state index contributed by atoms with van der Waals surface area (Å²) in [5.41, 5.74) is 0. The molecule has 6 unspecified atom stereocenters. The molecule has 272 valence electrons. The van der Waals surface area contributed by atoms with Crippen LogP contribution in [0.1, 0.15) is 104 Å². The number of ether oxygens (including phenoxy) is 1. The average molecular weight is 709 g/mol. The third kappa shape index (κ3) is 8.87. The fourth-order valence-electron chi connectivity index (χ4n) is 8.98. The highest BCUT2D eigenvalue weighted by Crippen LogP contribution is 2.38. The number of likely N-dealkylation sites (tertiary alicyclic amines) is 4. The van der Waals surface area contributed by atoms with Crippen molar-refractivity contribution in [2.24, 2.45) is 5.92 Å². The summed E-state index contributed by atoms with van der Waals surface area (Å²) in [7, 11) is 2.17. The fourth-order valence-corrected chi connectivity index (χ4v) is 10.6. The highest BCUT2D eigenvalue weighted by Gasteiger charge is 2.47. The van der Waals surface area contributed by atoms with Gasteiger partial charge < -0.3 is 24.1 Å². The van der Waals surface area contributed by atoms with Gasteiger partial charge in [0.25, 0.3) is 0 Å². The number of hydrogen-bond acceptors (Lipinski definition) is 8. The van der Waals surface area contributed by atoms with Crippen LogP contribution in [-0.2, 0) is 23.9 Å². The number of carbonyl (C=O) groups is 4. The van der Waals surface area contributed by atoms with Gasteiger partial charge >= 0.3 is 0 Å². The van der Waals surface area contributed by atoms with Gasteiger partial charge in [0.1, 0.15) is 0 Å². The molecule has 0 bridgehead atoms. The number of nitrogens with one attached hydrogen (secondary N) is 1. The Hall–Kier alpha value is -1.46. The van der Waals surface area contributed by atoms with Crippen LogP contribution in [0, 0.1) is 5.92 Å². The van der Waals surface area contributed by atoms with Crippen molar-refractivity contribution in [3.63, 3.8) is 0 Å². The quantitative estimate of drug-likeness (QED) is 0.0914. The van der Waals surface area contributed by atoms with E-state index in [-0.39, 0.29) is 53.7 Å². The fraction of sp³-hybridized carbons (Fsp3) is 0.886. The maximum absolute atomic E-state index is 13.5. The largest absolute Gasteiger partial charge is 0.350 e. The monoisotopic (exact) mass is 708 g/mol. The van der Waals surface area contributed by atoms with Gasteiger partial charge in [-0.2, -0.15) is 12.6 Å². The Labute approximate surface area is 295 Å². The zero-order valence-electron chi connectivity index (χ0n) is 29.7. The molecule has 0 radical (unpaired) electrons. The molecule has 5 heterocycles. The zero-order chi connectivity index (χ0) is 34.3. The lowest BCUT2D eigenvalue weighted by molar-refractivity contribution is -0.153. The van der Waals surface area contributed by atoms with Gasteiger partial charge in [-0.25, -0.2) is 0 Å². The molecule has 0 aromatic carbocycles. The molecule has 5 rings (SSSR count). The highest BCUT2D eigenvalue weighted by molar-refractivity contribution is 7.80. The van der Waals surface area contributed by atoms with Gasteiger partial charge in [0.15, 0.2) is 5.85 Å². The topological polar surface area (TPSA) is 106 Å². The lowest BCUT2D eigenvalue weighted by Crippen LogP contribution is -2.61. The number of hydrogen-bond donors (Lipinski definition) is 2. The van der Waals surface area contributed by atoms with Crippen molar-refractivity contribution in [2.75, 3.05) is 58.3 Å². The Morgan fingerprint density at radius 3 is 1.83 bits per heavy atom. The van der Waals surface area contributed by atoms with E-state index < -0.39 is 5.85 Å². The summed E-state index contributed by atoms with van der Waals surface area (Å²) in [4.78, 5) is 61.3. The minimum Gasteiger partial charge on any atom is -0.350 e. The summed E-state index contributed by atoms with van der Waals surface area (Å²) in [5.74, 6) is 1.32. The van der Waals surface area contributed by atoms with E-state index in [1.54, 1.807) is 7.11 Å². The van der Waals surface area contributed by atoms with Gasteiger partial charge in [0, 0.05) is 96.1 Å². The van der Waals surface area contributed by atoms with E-state index in [2.05, 4.69) is 51.4 Å². The molecule has 0 spiro atoms. The zero-order valence-corrected chi connectivity index (χ0v) is 31.6. The van der Waals surface area contributed by atoms with E-state index in [0.717, 1.165) is 109 Å². The second kappa shape index (κ2) is 17.7. The summed E-state index contributed by atoms with van der Waals surface area (Å²) in [5, 5.41) is 3.74. The Morgan fingerprint density at radius 2 is 1.31 bits per heavy atom. The van der Waals surface area contributed by atoms with Crippen LogP contribution in [0.4, 0.5) is 0 Å². The maximum Gasteiger partial charge on any atom is 0.225 e. The Kier molecular flexibility index (Phi) is 13.9. The van der Waals surface area contributed by atoms with Crippen LogP contribution >= 0.6 is 21.4 Å². The highest BCUT2D eigenvalue weighted by atomic mass is 32.1. The molecule has 13 heteroatoms. The number of amides is 4. The molecular formula is C35H61N6O5PS. The van der Waals surface area contributed by atoms with E-state index >= 15 is 0 Å². The van der Waals surface area contributed by atoms with Gasteiger partial charge in [-0.15, -0.1) is 0 Å². The van der Waals surface area contributed by atoms with Crippen LogP contribution < -0.4 is 5.32 Å². The molecule has 4 amide bonds. The summed E-state index contributed by atoms with van der Waals surface area (Å²) in [6.45, 7) is 9.13. The maximum atomic E-state index is 13.5. The molecule has 5 fully saturated rings. The third-order valence-electron chi connectivity index (χ3n) is 11.5. The first kappa shape index (κ1) is 37.8. The Morgan fingerprint density at radius 1 is 0.750 bits per heavy atom. The lowest BCUT2D eigenvalue weighted by Gasteiger charge is -2.45. The van der Waals surface area contributed by atoms with E-state index in [9.17, 15) is 19.2 Å². The smallest absolute Gasteiger partial charge is 0.225 e. The SMILES string of the molecule is COC1(NCCCS)CCCN1C(CPN1CCCC1=O)CC(CC(CC(C(C)C)N1CCCC1=O)N1CCCC1=O)N1CCCC1=O. The number of rotatable bonds is 19. The molecule has 5 saturated heterocycles. The van der Waals surface area contributed by atoms with Gasteiger partial charge in [-0.3, -0.25) is 29.4 Å². The van der Waals surface area contributed by atoms with Crippen molar-refractivity contribution in [3.8, 4) is 0 Å². The summed E-state index contributed by atoms with van der Waals surface area (Å²) in [6.07, 6.45) is 11.7. The predicted octanol–water partition coefficient (Wildman–Crippen LogP) is 3.68. The summed E-state index contributed by atoms with van der Waals surface area (Å²) in [6, 6.07) is 0.0264. The van der Waals surface area contributed by atoms with E-state index in [0.29, 0.717) is 40.8 Å². The number of carbonyl (C=O) groups excluding carboxylic acids is 4. The molecule has 0 aliphatic carbocycles. The molecule has 0 saturated carbocycles. The first-order chi connectivity index (χ1) is 23.2. The van der Waals surface area contributed by atoms with Crippen molar-refractivity contribution in [2.45, 2.75) is 134 Å². The van der Waals surface area contributed by atoms with Crippen molar-refractivity contribution < 1.29 is 23.9 Å². The second-order valence-corrected chi connectivity index (χ2v) is 16.6. The van der Waals surface area contributed by atoms with Crippen LogP contribution in [0.25, 0.3) is 0 Å². The molecule has 1 N–H and O–H groups in total. The van der Waals surface area contributed by atoms with Crippen LogP contribution in [0.3, 0.4) is 0 Å². The van der Waals surface area contributed by atoms with E-state index in [1.807, 2.05) is 4.67 Å².